The summed E-state index contributed by atoms with van der Waals surface area (Å²) < 4.78 is 4.50. The van der Waals surface area contributed by atoms with E-state index in [2.05, 4.69) is 39.2 Å². The third kappa shape index (κ3) is 9.78. The number of thioether (sulfide) groups is 1. The van der Waals surface area contributed by atoms with Gasteiger partial charge in [0.05, 0.1) is 31.4 Å². The first-order chi connectivity index (χ1) is 15.0. The molecular weight excluding hydrogens is 414 g/mol. The molecule has 172 valence electrons. The lowest BCUT2D eigenvalue weighted by atomic mass is 10.1. The first-order valence-electron chi connectivity index (χ1n) is 10.5. The maximum absolute atomic E-state index is 12.4. The van der Waals surface area contributed by atoms with E-state index < -0.39 is 6.09 Å². The van der Waals surface area contributed by atoms with Crippen LogP contribution in [0.1, 0.15) is 39.4 Å². The number of aromatic nitrogens is 2. The van der Waals surface area contributed by atoms with Gasteiger partial charge in [0.1, 0.15) is 12.4 Å². The van der Waals surface area contributed by atoms with Crippen molar-refractivity contribution in [3.8, 4) is 11.3 Å². The summed E-state index contributed by atoms with van der Waals surface area (Å²) in [6.07, 6.45) is 5.25. The highest BCUT2D eigenvalue weighted by atomic mass is 32.2. The Balaban J connectivity index is 0.00000151. The van der Waals surface area contributed by atoms with Gasteiger partial charge in [0.2, 0.25) is 5.91 Å². The fraction of sp³-hybridized carbons (Fsp3) is 0.500. The molecule has 0 aliphatic carbocycles. The minimum absolute atomic E-state index is 0.106. The van der Waals surface area contributed by atoms with Gasteiger partial charge in [-0.05, 0) is 30.4 Å². The molecule has 8 nitrogen and oxygen atoms in total. The molecular formula is C22H35N5O3S. The molecule has 0 saturated heterocycles. The second-order valence-corrected chi connectivity index (χ2v) is 7.66. The van der Waals surface area contributed by atoms with Gasteiger partial charge in [0.25, 0.3) is 0 Å². The molecule has 0 unspecified atom stereocenters. The van der Waals surface area contributed by atoms with Crippen molar-refractivity contribution in [1.29, 1.82) is 0 Å². The van der Waals surface area contributed by atoms with E-state index in [1.54, 1.807) is 22.9 Å². The molecule has 0 radical (unpaired) electrons. The summed E-state index contributed by atoms with van der Waals surface area (Å²) in [6, 6.07) is 8.10. The molecule has 0 spiro atoms. The highest BCUT2D eigenvalue weighted by Gasteiger charge is 2.16. The van der Waals surface area contributed by atoms with Gasteiger partial charge in [0.15, 0.2) is 0 Å². The van der Waals surface area contributed by atoms with Gasteiger partial charge in [-0.15, -0.1) is 11.8 Å². The van der Waals surface area contributed by atoms with Gasteiger partial charge in [-0.3, -0.25) is 4.79 Å². The minimum atomic E-state index is -0.624. The van der Waals surface area contributed by atoms with Gasteiger partial charge < -0.3 is 25.3 Å². The van der Waals surface area contributed by atoms with E-state index in [4.69, 9.17) is 0 Å². The number of nitrogens with one attached hydrogen (secondary N) is 3. The Labute approximate surface area is 189 Å². The number of benzene rings is 1. The lowest BCUT2D eigenvalue weighted by Gasteiger charge is -2.21. The first-order valence-corrected chi connectivity index (χ1v) is 11.8. The number of anilines is 1. The van der Waals surface area contributed by atoms with Crippen molar-refractivity contribution in [2.75, 3.05) is 37.6 Å². The van der Waals surface area contributed by atoms with Crippen LogP contribution in [0.2, 0.25) is 0 Å². The monoisotopic (exact) mass is 449 g/mol. The van der Waals surface area contributed by atoms with Crippen molar-refractivity contribution in [2.24, 2.45) is 0 Å². The van der Waals surface area contributed by atoms with Crippen LogP contribution in [0, 0.1) is 0 Å². The molecule has 0 aliphatic rings. The molecule has 2 rings (SSSR count). The molecule has 1 heterocycles. The number of imidazole rings is 1. The van der Waals surface area contributed by atoms with Crippen molar-refractivity contribution in [3.05, 3.63) is 36.3 Å². The topological polar surface area (TPSA) is 99.4 Å². The fourth-order valence-electron chi connectivity index (χ4n) is 2.59. The van der Waals surface area contributed by atoms with Crippen LogP contribution in [-0.2, 0) is 16.1 Å². The van der Waals surface area contributed by atoms with Gasteiger partial charge in [-0.1, -0.05) is 39.3 Å². The molecule has 9 heteroatoms. The Hall–Kier alpha value is -2.68. The number of nitrogens with zero attached hydrogens (tertiary/aromatic N) is 2. The largest absolute Gasteiger partial charge is 0.453 e. The molecule has 2 aromatic rings. The van der Waals surface area contributed by atoms with E-state index in [1.807, 2.05) is 37.4 Å². The number of ether oxygens (including phenoxy) is 1. The number of rotatable bonds is 10. The summed E-state index contributed by atoms with van der Waals surface area (Å²) in [7, 11) is 1.26. The highest BCUT2D eigenvalue weighted by Crippen LogP contribution is 2.20. The van der Waals surface area contributed by atoms with Gasteiger partial charge >= 0.3 is 6.09 Å². The third-order valence-electron chi connectivity index (χ3n) is 4.00. The lowest BCUT2D eigenvalue weighted by molar-refractivity contribution is -0.130. The summed E-state index contributed by atoms with van der Waals surface area (Å²) in [5.74, 6) is 1.37. The average Bonchev–Trinajstić information content (AvgIpc) is 3.25. The SMILES string of the molecule is CCC.CCCN(Cc1ncc(-c2ccc(NCSC)cc2)[nH]1)C(=O)CNC(=O)OC. The number of aromatic amines is 1. The molecule has 1 aromatic heterocycles. The van der Waals surface area contributed by atoms with Crippen LogP contribution in [0.4, 0.5) is 10.5 Å². The van der Waals surface area contributed by atoms with Crippen LogP contribution in [-0.4, -0.2) is 59.2 Å². The van der Waals surface area contributed by atoms with E-state index in [-0.39, 0.29) is 12.5 Å². The second-order valence-electron chi connectivity index (χ2n) is 6.80. The van der Waals surface area contributed by atoms with Gasteiger partial charge in [-0.2, -0.15) is 0 Å². The van der Waals surface area contributed by atoms with E-state index in [9.17, 15) is 9.59 Å². The number of amides is 2. The van der Waals surface area contributed by atoms with Crippen LogP contribution >= 0.6 is 11.8 Å². The number of hydrogen-bond acceptors (Lipinski definition) is 6. The maximum atomic E-state index is 12.4. The van der Waals surface area contributed by atoms with Crippen molar-refractivity contribution >= 4 is 29.4 Å². The number of methoxy groups -OCH3 is 1. The van der Waals surface area contributed by atoms with Crippen molar-refractivity contribution in [1.82, 2.24) is 20.2 Å². The van der Waals surface area contributed by atoms with Crippen molar-refractivity contribution in [3.63, 3.8) is 0 Å². The Morgan fingerprint density at radius 3 is 2.45 bits per heavy atom. The molecule has 0 aliphatic heterocycles. The number of carbonyl (C=O) groups is 2. The van der Waals surface area contributed by atoms with Crippen LogP contribution in [0.3, 0.4) is 0 Å². The van der Waals surface area contributed by atoms with Crippen molar-refractivity contribution in [2.45, 2.75) is 40.2 Å². The summed E-state index contributed by atoms with van der Waals surface area (Å²) >= 11 is 1.73. The fourth-order valence-corrected chi connectivity index (χ4v) is 2.90. The Bertz CT molecular complexity index is 780. The molecule has 3 N–H and O–H groups in total. The summed E-state index contributed by atoms with van der Waals surface area (Å²) in [5.41, 5.74) is 2.98. The summed E-state index contributed by atoms with van der Waals surface area (Å²) in [5, 5.41) is 5.73. The Kier molecular flexibility index (Phi) is 12.9. The van der Waals surface area contributed by atoms with Gasteiger partial charge in [-0.25, -0.2) is 9.78 Å². The zero-order chi connectivity index (χ0) is 23.1. The smallest absolute Gasteiger partial charge is 0.407 e. The quantitative estimate of drug-likeness (QED) is 0.467. The van der Waals surface area contributed by atoms with E-state index in [1.165, 1.54) is 13.5 Å². The minimum Gasteiger partial charge on any atom is -0.453 e. The molecule has 0 fully saturated rings. The van der Waals surface area contributed by atoms with Crippen molar-refractivity contribution < 1.29 is 14.3 Å². The number of H-pyrrole nitrogens is 1. The van der Waals surface area contributed by atoms with Crippen LogP contribution in [0.25, 0.3) is 11.3 Å². The Morgan fingerprint density at radius 2 is 1.87 bits per heavy atom. The number of hydrogen-bond donors (Lipinski definition) is 3. The normalized spacial score (nSPS) is 9.97. The third-order valence-corrected chi connectivity index (χ3v) is 4.43. The molecule has 1 aromatic carbocycles. The predicted octanol–water partition coefficient (Wildman–Crippen LogP) is 4.32. The summed E-state index contributed by atoms with van der Waals surface area (Å²) in [4.78, 5) is 32.9. The maximum Gasteiger partial charge on any atom is 0.407 e. The molecule has 0 atom stereocenters. The molecule has 0 bridgehead atoms. The zero-order valence-electron chi connectivity index (χ0n) is 19.2. The predicted molar refractivity (Wildman–Crippen MR) is 128 cm³/mol. The summed E-state index contributed by atoms with van der Waals surface area (Å²) in [6.45, 7) is 7.06. The second kappa shape index (κ2) is 15.2. The number of carbonyl (C=O) groups excluding carboxylic acids is 2. The number of alkyl carbamates (subject to hydrolysis) is 1. The molecule has 2 amide bonds. The molecule has 31 heavy (non-hydrogen) atoms. The molecule has 0 saturated carbocycles. The highest BCUT2D eigenvalue weighted by molar-refractivity contribution is 7.98. The van der Waals surface area contributed by atoms with E-state index >= 15 is 0 Å². The Morgan fingerprint density at radius 1 is 1.19 bits per heavy atom. The zero-order valence-corrected chi connectivity index (χ0v) is 20.0. The van der Waals surface area contributed by atoms with E-state index in [0.717, 1.165) is 29.2 Å². The standard InChI is InChI=1S/C19H27N5O3S.C3H8/c1-4-9-24(18(25)11-21-19(26)27-2)12-17-20-10-16(23-17)14-5-7-15(8-6-14)22-13-28-3;1-3-2/h5-8,10,22H,4,9,11-13H2,1-3H3,(H,20,23)(H,21,26);3H2,1-2H3. The average molecular weight is 450 g/mol. The van der Waals surface area contributed by atoms with Crippen LogP contribution in [0.15, 0.2) is 30.5 Å². The lowest BCUT2D eigenvalue weighted by Crippen LogP contribution is -2.40. The van der Waals surface area contributed by atoms with Gasteiger partial charge in [0, 0.05) is 12.2 Å². The van der Waals surface area contributed by atoms with Crippen LogP contribution < -0.4 is 10.6 Å². The first kappa shape index (κ1) is 26.4. The van der Waals surface area contributed by atoms with Crippen LogP contribution in [0.5, 0.6) is 0 Å². The van der Waals surface area contributed by atoms with E-state index in [0.29, 0.717) is 18.9 Å².